The summed E-state index contributed by atoms with van der Waals surface area (Å²) < 4.78 is 7.37. The number of carbonyl (C=O) groups is 1. The minimum absolute atomic E-state index is 0.00384. The standard InChI is InChI=1S/C20H22N4O2/c25-20(22-16-8-10-17(11-9-16)24-14-5-12-21-24)23-13-3-1-2-6-18(23)19-7-4-15-26-19/h4-5,7-12,14-15,18H,1-3,6,13H2,(H,22,25)/t18-/m1/s1. The molecule has 0 unspecified atom stereocenters. The van der Waals surface area contributed by atoms with Crippen LogP contribution < -0.4 is 5.32 Å². The zero-order chi connectivity index (χ0) is 17.8. The zero-order valence-electron chi connectivity index (χ0n) is 14.5. The number of rotatable bonds is 3. The summed E-state index contributed by atoms with van der Waals surface area (Å²) in [5, 5.41) is 7.23. The molecule has 6 nitrogen and oxygen atoms in total. The van der Waals surface area contributed by atoms with Gasteiger partial charge in [0.1, 0.15) is 5.76 Å². The molecule has 1 aliphatic rings. The average molecular weight is 350 g/mol. The number of urea groups is 1. The van der Waals surface area contributed by atoms with Crippen LogP contribution in [0.3, 0.4) is 0 Å². The second-order valence-electron chi connectivity index (χ2n) is 6.50. The quantitative estimate of drug-likeness (QED) is 0.750. The molecular weight excluding hydrogens is 328 g/mol. The Hall–Kier alpha value is -3.02. The highest BCUT2D eigenvalue weighted by molar-refractivity contribution is 5.89. The molecule has 3 aromatic rings. The van der Waals surface area contributed by atoms with Crippen molar-refractivity contribution in [3.63, 3.8) is 0 Å². The van der Waals surface area contributed by atoms with Crippen LogP contribution in [0.25, 0.3) is 5.69 Å². The van der Waals surface area contributed by atoms with Gasteiger partial charge in [-0.3, -0.25) is 0 Å². The lowest BCUT2D eigenvalue weighted by Crippen LogP contribution is -2.37. The fourth-order valence-corrected chi connectivity index (χ4v) is 3.44. The van der Waals surface area contributed by atoms with Gasteiger partial charge in [-0.2, -0.15) is 5.10 Å². The first-order valence-corrected chi connectivity index (χ1v) is 9.02. The van der Waals surface area contributed by atoms with Crippen molar-refractivity contribution in [1.29, 1.82) is 0 Å². The SMILES string of the molecule is O=C(Nc1ccc(-n2cccn2)cc1)N1CCCCC[C@@H]1c1ccco1. The Balaban J connectivity index is 1.49. The number of aromatic nitrogens is 2. The van der Waals surface area contributed by atoms with Gasteiger partial charge in [-0.1, -0.05) is 12.8 Å². The molecule has 0 spiro atoms. The minimum atomic E-state index is -0.0832. The molecule has 1 atom stereocenters. The highest BCUT2D eigenvalue weighted by Crippen LogP contribution is 2.31. The van der Waals surface area contributed by atoms with Gasteiger partial charge in [0.2, 0.25) is 0 Å². The van der Waals surface area contributed by atoms with Gasteiger partial charge in [-0.25, -0.2) is 9.48 Å². The van der Waals surface area contributed by atoms with Crippen LogP contribution in [0.5, 0.6) is 0 Å². The Morgan fingerprint density at radius 2 is 2.00 bits per heavy atom. The Morgan fingerprint density at radius 1 is 1.12 bits per heavy atom. The van der Waals surface area contributed by atoms with E-state index in [-0.39, 0.29) is 12.1 Å². The van der Waals surface area contributed by atoms with Gasteiger partial charge in [-0.15, -0.1) is 0 Å². The van der Waals surface area contributed by atoms with Gasteiger partial charge in [0.15, 0.2) is 0 Å². The highest BCUT2D eigenvalue weighted by atomic mass is 16.3. The van der Waals surface area contributed by atoms with E-state index in [9.17, 15) is 4.79 Å². The van der Waals surface area contributed by atoms with Gasteiger partial charge < -0.3 is 14.6 Å². The number of carbonyl (C=O) groups excluding carboxylic acids is 1. The molecule has 2 amide bonds. The lowest BCUT2D eigenvalue weighted by molar-refractivity contribution is 0.179. The third-order valence-electron chi connectivity index (χ3n) is 4.77. The van der Waals surface area contributed by atoms with E-state index in [2.05, 4.69) is 10.4 Å². The van der Waals surface area contributed by atoms with E-state index in [1.54, 1.807) is 17.1 Å². The van der Waals surface area contributed by atoms with Crippen molar-refractivity contribution in [2.75, 3.05) is 11.9 Å². The summed E-state index contributed by atoms with van der Waals surface area (Å²) in [5.74, 6) is 0.857. The Bertz CT molecular complexity index is 825. The molecule has 0 aliphatic carbocycles. The summed E-state index contributed by atoms with van der Waals surface area (Å²) in [6, 6.07) is 13.3. The zero-order valence-corrected chi connectivity index (χ0v) is 14.5. The van der Waals surface area contributed by atoms with Gasteiger partial charge in [0.25, 0.3) is 0 Å². The van der Waals surface area contributed by atoms with Crippen molar-refractivity contribution in [1.82, 2.24) is 14.7 Å². The van der Waals surface area contributed by atoms with Crippen molar-refractivity contribution >= 4 is 11.7 Å². The molecule has 2 aromatic heterocycles. The first-order valence-electron chi connectivity index (χ1n) is 9.02. The second-order valence-corrected chi connectivity index (χ2v) is 6.50. The van der Waals surface area contributed by atoms with Crippen LogP contribution in [0, 0.1) is 0 Å². The number of likely N-dealkylation sites (tertiary alicyclic amines) is 1. The number of benzene rings is 1. The number of hydrogen-bond acceptors (Lipinski definition) is 3. The van der Waals surface area contributed by atoms with Crippen LogP contribution in [0.4, 0.5) is 10.5 Å². The maximum absolute atomic E-state index is 12.9. The lowest BCUT2D eigenvalue weighted by atomic mass is 10.1. The Kier molecular flexibility index (Phi) is 4.73. The van der Waals surface area contributed by atoms with Gasteiger partial charge in [-0.05, 0) is 55.3 Å². The van der Waals surface area contributed by atoms with E-state index in [1.165, 1.54) is 0 Å². The Labute approximate surface area is 152 Å². The van der Waals surface area contributed by atoms with E-state index in [1.807, 2.05) is 53.6 Å². The molecule has 0 bridgehead atoms. The number of nitrogens with one attached hydrogen (secondary N) is 1. The van der Waals surface area contributed by atoms with Gasteiger partial charge in [0, 0.05) is 24.6 Å². The normalized spacial score (nSPS) is 17.7. The van der Waals surface area contributed by atoms with Crippen LogP contribution in [0.1, 0.15) is 37.5 Å². The predicted octanol–water partition coefficient (Wildman–Crippen LogP) is 4.61. The molecular formula is C20H22N4O2. The highest BCUT2D eigenvalue weighted by Gasteiger charge is 2.28. The fourth-order valence-electron chi connectivity index (χ4n) is 3.44. The fraction of sp³-hybridized carbons (Fsp3) is 0.300. The third-order valence-corrected chi connectivity index (χ3v) is 4.77. The molecule has 26 heavy (non-hydrogen) atoms. The van der Waals surface area contributed by atoms with Crippen LogP contribution in [0.15, 0.2) is 65.5 Å². The molecule has 0 saturated carbocycles. The largest absolute Gasteiger partial charge is 0.467 e. The van der Waals surface area contributed by atoms with E-state index >= 15 is 0 Å². The summed E-state index contributed by atoms with van der Waals surface area (Å²) in [6.07, 6.45) is 9.49. The summed E-state index contributed by atoms with van der Waals surface area (Å²) in [4.78, 5) is 14.8. The van der Waals surface area contributed by atoms with E-state index in [4.69, 9.17) is 4.42 Å². The summed E-state index contributed by atoms with van der Waals surface area (Å²) in [7, 11) is 0. The van der Waals surface area contributed by atoms with Crippen molar-refractivity contribution in [3.05, 3.63) is 66.9 Å². The molecule has 1 fully saturated rings. The Morgan fingerprint density at radius 3 is 2.73 bits per heavy atom. The molecule has 0 radical (unpaired) electrons. The maximum Gasteiger partial charge on any atom is 0.322 e. The number of furan rings is 1. The second kappa shape index (κ2) is 7.47. The first kappa shape index (κ1) is 16.4. The molecule has 1 aliphatic heterocycles. The van der Waals surface area contributed by atoms with Crippen molar-refractivity contribution in [2.45, 2.75) is 31.7 Å². The predicted molar refractivity (Wildman–Crippen MR) is 99.2 cm³/mol. The molecule has 6 heteroatoms. The lowest BCUT2D eigenvalue weighted by Gasteiger charge is -2.28. The van der Waals surface area contributed by atoms with E-state index in [0.717, 1.165) is 49.4 Å². The number of hydrogen-bond donors (Lipinski definition) is 1. The average Bonchev–Trinajstić information content (AvgIpc) is 3.33. The maximum atomic E-state index is 12.9. The number of nitrogens with zero attached hydrogens (tertiary/aromatic N) is 3. The van der Waals surface area contributed by atoms with E-state index < -0.39 is 0 Å². The van der Waals surface area contributed by atoms with Crippen LogP contribution in [-0.4, -0.2) is 27.3 Å². The van der Waals surface area contributed by atoms with Crippen molar-refractivity contribution < 1.29 is 9.21 Å². The number of amides is 2. The molecule has 134 valence electrons. The van der Waals surface area contributed by atoms with Gasteiger partial charge in [0.05, 0.1) is 18.0 Å². The van der Waals surface area contributed by atoms with Crippen molar-refractivity contribution in [2.24, 2.45) is 0 Å². The summed E-state index contributed by atoms with van der Waals surface area (Å²) in [5.41, 5.74) is 1.73. The van der Waals surface area contributed by atoms with Crippen molar-refractivity contribution in [3.8, 4) is 5.69 Å². The molecule has 4 rings (SSSR count). The molecule has 1 saturated heterocycles. The smallest absolute Gasteiger partial charge is 0.322 e. The van der Waals surface area contributed by atoms with Gasteiger partial charge >= 0.3 is 6.03 Å². The molecule has 3 heterocycles. The first-order chi connectivity index (χ1) is 12.8. The molecule has 1 N–H and O–H groups in total. The number of anilines is 1. The summed E-state index contributed by atoms with van der Waals surface area (Å²) in [6.45, 7) is 0.739. The van der Waals surface area contributed by atoms with Crippen LogP contribution in [0.2, 0.25) is 0 Å². The minimum Gasteiger partial charge on any atom is -0.467 e. The summed E-state index contributed by atoms with van der Waals surface area (Å²) >= 11 is 0. The topological polar surface area (TPSA) is 63.3 Å². The van der Waals surface area contributed by atoms with Crippen LogP contribution >= 0.6 is 0 Å². The van der Waals surface area contributed by atoms with Crippen LogP contribution in [-0.2, 0) is 0 Å². The van der Waals surface area contributed by atoms with E-state index in [0.29, 0.717) is 0 Å². The third kappa shape index (κ3) is 3.49. The monoisotopic (exact) mass is 350 g/mol. The molecule has 1 aromatic carbocycles.